The van der Waals surface area contributed by atoms with Crippen molar-refractivity contribution < 1.29 is 9.59 Å². The molecule has 2 aromatic heterocycles. The summed E-state index contributed by atoms with van der Waals surface area (Å²) in [4.78, 5) is 27.3. The molecule has 0 saturated carbocycles. The number of aryl methyl sites for hydroxylation is 1. The maximum atomic E-state index is 12.5. The number of carbonyl (C=O) groups excluding carboxylic acids is 2. The summed E-state index contributed by atoms with van der Waals surface area (Å²) >= 11 is 2.77. The number of anilines is 1. The van der Waals surface area contributed by atoms with Gasteiger partial charge in [0.2, 0.25) is 5.13 Å². The van der Waals surface area contributed by atoms with Crippen LogP contribution in [0, 0.1) is 13.8 Å². The molecule has 3 rings (SSSR count). The van der Waals surface area contributed by atoms with Crippen molar-refractivity contribution in [1.29, 1.82) is 0 Å². The molecule has 0 amide bonds. The van der Waals surface area contributed by atoms with Crippen molar-refractivity contribution in [2.45, 2.75) is 31.7 Å². The molecule has 6 nitrogen and oxygen atoms in total. The number of carbonyl (C=O) groups is 2. The number of hydrogen-bond donors (Lipinski definition) is 2. The molecular formula is C19H20N4O2S2. The highest BCUT2D eigenvalue weighted by Gasteiger charge is 2.20. The van der Waals surface area contributed by atoms with Crippen LogP contribution in [0.2, 0.25) is 0 Å². The van der Waals surface area contributed by atoms with Gasteiger partial charge in [-0.1, -0.05) is 53.4 Å². The fourth-order valence-corrected chi connectivity index (χ4v) is 4.49. The predicted molar refractivity (Wildman–Crippen MR) is 109 cm³/mol. The highest BCUT2D eigenvalue weighted by Crippen LogP contribution is 2.27. The molecule has 0 aliphatic rings. The number of hydrogen-bond acceptors (Lipinski definition) is 7. The molecule has 0 fully saturated rings. The minimum Gasteiger partial charge on any atom is -0.356 e. The van der Waals surface area contributed by atoms with Crippen LogP contribution in [-0.2, 0) is 6.54 Å². The van der Waals surface area contributed by atoms with Crippen molar-refractivity contribution in [2.75, 3.05) is 11.1 Å². The number of aromatic nitrogens is 3. The van der Waals surface area contributed by atoms with E-state index in [-0.39, 0.29) is 17.3 Å². The number of benzene rings is 1. The molecule has 0 aliphatic carbocycles. The third-order valence-electron chi connectivity index (χ3n) is 4.09. The predicted octanol–water partition coefficient (Wildman–Crippen LogP) is 4.27. The molecule has 2 N–H and O–H groups in total. The first kappa shape index (κ1) is 19.3. The first-order valence-electron chi connectivity index (χ1n) is 8.43. The van der Waals surface area contributed by atoms with Crippen molar-refractivity contribution >= 4 is 39.8 Å². The summed E-state index contributed by atoms with van der Waals surface area (Å²) < 4.78 is 0.728. The lowest BCUT2D eigenvalue weighted by atomic mass is 10.1. The Morgan fingerprint density at radius 3 is 2.59 bits per heavy atom. The Balaban J connectivity index is 1.58. The van der Waals surface area contributed by atoms with Gasteiger partial charge in [-0.3, -0.25) is 9.59 Å². The summed E-state index contributed by atoms with van der Waals surface area (Å²) in [6.45, 7) is 5.79. The molecule has 0 atom stereocenters. The Kier molecular flexibility index (Phi) is 6.08. The smallest absolute Gasteiger partial charge is 0.206 e. The van der Waals surface area contributed by atoms with Gasteiger partial charge in [0.05, 0.1) is 11.4 Å². The third-order valence-corrected chi connectivity index (χ3v) is 6.10. The van der Waals surface area contributed by atoms with Crippen LogP contribution >= 0.6 is 23.1 Å². The standard InChI is InChI=1S/C19H20N4O2S2/c1-11-16(13(3)24)12(2)21-17(11)15(25)10-26-19-23-22-18(27-19)20-9-14-7-5-4-6-8-14/h4-8,21H,9-10H2,1-3H3,(H,20,22). The van der Waals surface area contributed by atoms with E-state index in [1.807, 2.05) is 37.3 Å². The zero-order chi connectivity index (χ0) is 19.4. The quantitative estimate of drug-likeness (QED) is 0.434. The van der Waals surface area contributed by atoms with Crippen molar-refractivity contribution in [3.63, 3.8) is 0 Å². The van der Waals surface area contributed by atoms with Crippen LogP contribution in [0.1, 0.15) is 44.6 Å². The Hall–Kier alpha value is -2.45. The number of ketones is 2. The Morgan fingerprint density at radius 1 is 1.19 bits per heavy atom. The van der Waals surface area contributed by atoms with Crippen molar-refractivity contribution in [1.82, 2.24) is 15.2 Å². The maximum absolute atomic E-state index is 12.5. The summed E-state index contributed by atoms with van der Waals surface area (Å²) in [5, 5.41) is 12.2. The zero-order valence-corrected chi connectivity index (χ0v) is 17.0. The lowest BCUT2D eigenvalue weighted by Gasteiger charge is -2.01. The summed E-state index contributed by atoms with van der Waals surface area (Å²) in [5.74, 6) is 0.152. The normalized spacial score (nSPS) is 10.8. The summed E-state index contributed by atoms with van der Waals surface area (Å²) in [6.07, 6.45) is 0. The van der Waals surface area contributed by atoms with E-state index in [1.165, 1.54) is 30.0 Å². The van der Waals surface area contributed by atoms with Crippen LogP contribution in [0.25, 0.3) is 0 Å². The van der Waals surface area contributed by atoms with Gasteiger partial charge in [-0.15, -0.1) is 10.2 Å². The second kappa shape index (κ2) is 8.49. The SMILES string of the molecule is CC(=O)c1c(C)[nH]c(C(=O)CSc2nnc(NCc3ccccc3)s2)c1C. The molecule has 8 heteroatoms. The Labute approximate surface area is 165 Å². The van der Waals surface area contributed by atoms with Crippen LogP contribution in [-0.4, -0.2) is 32.5 Å². The third kappa shape index (κ3) is 4.64. The van der Waals surface area contributed by atoms with Crippen LogP contribution in [0.3, 0.4) is 0 Å². The van der Waals surface area contributed by atoms with E-state index in [0.717, 1.165) is 20.7 Å². The molecule has 0 bridgehead atoms. The minimum atomic E-state index is -0.0536. The van der Waals surface area contributed by atoms with E-state index in [2.05, 4.69) is 20.5 Å². The van der Waals surface area contributed by atoms with E-state index in [0.29, 0.717) is 23.4 Å². The molecule has 0 spiro atoms. The topological polar surface area (TPSA) is 87.7 Å². The van der Waals surface area contributed by atoms with E-state index in [4.69, 9.17) is 0 Å². The van der Waals surface area contributed by atoms with Crippen molar-refractivity contribution in [2.24, 2.45) is 0 Å². The van der Waals surface area contributed by atoms with Gasteiger partial charge in [-0.2, -0.15) is 0 Å². The van der Waals surface area contributed by atoms with Gasteiger partial charge in [0, 0.05) is 17.8 Å². The summed E-state index contributed by atoms with van der Waals surface area (Å²) in [7, 11) is 0. The Morgan fingerprint density at radius 2 is 1.93 bits per heavy atom. The van der Waals surface area contributed by atoms with E-state index >= 15 is 0 Å². The lowest BCUT2D eigenvalue weighted by Crippen LogP contribution is -2.05. The number of Topliss-reactive ketones (excluding diaryl/α,β-unsaturated/α-hetero) is 2. The van der Waals surface area contributed by atoms with Gasteiger partial charge in [0.1, 0.15) is 0 Å². The molecule has 0 unspecified atom stereocenters. The zero-order valence-electron chi connectivity index (χ0n) is 15.3. The average molecular weight is 401 g/mol. The fraction of sp³-hybridized carbons (Fsp3) is 0.263. The van der Waals surface area contributed by atoms with Gasteiger partial charge in [0.25, 0.3) is 0 Å². The van der Waals surface area contributed by atoms with Gasteiger partial charge < -0.3 is 10.3 Å². The second-order valence-electron chi connectivity index (χ2n) is 6.11. The second-order valence-corrected chi connectivity index (χ2v) is 8.31. The monoisotopic (exact) mass is 400 g/mol. The van der Waals surface area contributed by atoms with Gasteiger partial charge in [0.15, 0.2) is 15.9 Å². The minimum absolute atomic E-state index is 0.0359. The van der Waals surface area contributed by atoms with Crippen LogP contribution in [0.5, 0.6) is 0 Å². The molecule has 1 aromatic carbocycles. The number of H-pyrrole nitrogens is 1. The fourth-order valence-electron chi connectivity index (χ4n) is 2.87. The van der Waals surface area contributed by atoms with Crippen LogP contribution < -0.4 is 5.32 Å². The molecular weight excluding hydrogens is 380 g/mol. The van der Waals surface area contributed by atoms with Crippen LogP contribution in [0.15, 0.2) is 34.7 Å². The Bertz CT molecular complexity index is 964. The van der Waals surface area contributed by atoms with Gasteiger partial charge >= 0.3 is 0 Å². The van der Waals surface area contributed by atoms with Gasteiger partial charge in [-0.05, 0) is 31.9 Å². The highest BCUT2D eigenvalue weighted by atomic mass is 32.2. The van der Waals surface area contributed by atoms with Crippen molar-refractivity contribution in [3.05, 3.63) is 58.4 Å². The van der Waals surface area contributed by atoms with Crippen LogP contribution in [0.4, 0.5) is 5.13 Å². The largest absolute Gasteiger partial charge is 0.356 e. The molecule has 3 aromatic rings. The number of nitrogens with one attached hydrogen (secondary N) is 2. The molecule has 2 heterocycles. The van der Waals surface area contributed by atoms with Crippen molar-refractivity contribution in [3.8, 4) is 0 Å². The summed E-state index contributed by atoms with van der Waals surface area (Å²) in [5.41, 5.74) is 3.71. The molecule has 27 heavy (non-hydrogen) atoms. The van der Waals surface area contributed by atoms with E-state index in [9.17, 15) is 9.59 Å². The number of nitrogens with zero attached hydrogens (tertiary/aromatic N) is 2. The number of rotatable bonds is 8. The molecule has 0 saturated heterocycles. The number of aromatic amines is 1. The highest BCUT2D eigenvalue weighted by molar-refractivity contribution is 8.01. The van der Waals surface area contributed by atoms with E-state index in [1.54, 1.807) is 6.92 Å². The molecule has 140 valence electrons. The first-order valence-corrected chi connectivity index (χ1v) is 10.2. The molecule has 0 radical (unpaired) electrons. The van der Waals surface area contributed by atoms with E-state index < -0.39 is 0 Å². The van der Waals surface area contributed by atoms with Gasteiger partial charge in [-0.25, -0.2) is 0 Å². The first-order chi connectivity index (χ1) is 13.0. The maximum Gasteiger partial charge on any atom is 0.206 e. The number of thioether (sulfide) groups is 1. The summed E-state index contributed by atoms with van der Waals surface area (Å²) in [6, 6.07) is 10.0. The average Bonchev–Trinajstić information content (AvgIpc) is 3.22. The lowest BCUT2D eigenvalue weighted by molar-refractivity contribution is 0.101. The molecule has 0 aliphatic heterocycles.